The van der Waals surface area contributed by atoms with Gasteiger partial charge in [-0.05, 0) is 42.4 Å². The third-order valence-electron chi connectivity index (χ3n) is 5.26. The average molecular weight is 509 g/mol. The molecule has 8 nitrogen and oxygen atoms in total. The molecule has 10 heteroatoms. The molecule has 0 spiro atoms. The van der Waals surface area contributed by atoms with E-state index < -0.39 is 20.2 Å². The molecule has 0 N–H and O–H groups in total. The standard InChI is InChI=1S/C24H32N2O6S2/c1-22(24-12-18-26(19-13-24)15-5-7-21-34(30,31)32)8-2-3-9-23-10-16-25(17-11-23)14-4-6-20-33(27,28)29/h3,9-13,16-19H,1-2,4-8,14-15,20-21H2/b9-3+. The normalized spacial score (nSPS) is 12.3. The number of hydrogen-bond donors (Lipinski definition) is 0. The van der Waals surface area contributed by atoms with Crippen molar-refractivity contribution in [3.8, 4) is 0 Å². The molecule has 2 aromatic rings. The first-order valence-electron chi connectivity index (χ1n) is 11.2. The van der Waals surface area contributed by atoms with Crippen LogP contribution in [0.15, 0.2) is 61.7 Å². The Hall–Kier alpha value is -2.40. The zero-order valence-electron chi connectivity index (χ0n) is 19.2. The van der Waals surface area contributed by atoms with Crippen LogP contribution in [0.5, 0.6) is 0 Å². The predicted octanol–water partition coefficient (Wildman–Crippen LogP) is 2.42. The summed E-state index contributed by atoms with van der Waals surface area (Å²) in [5.74, 6) is -0.642. The number of aromatic nitrogens is 2. The number of allylic oxidation sites excluding steroid dienone is 2. The Bertz CT molecular complexity index is 1160. The Morgan fingerprint density at radius 2 is 1.26 bits per heavy atom. The highest BCUT2D eigenvalue weighted by Crippen LogP contribution is 2.17. The lowest BCUT2D eigenvalue weighted by molar-refractivity contribution is -0.697. The highest BCUT2D eigenvalue weighted by Gasteiger charge is 2.05. The molecule has 0 aliphatic rings. The quantitative estimate of drug-likeness (QED) is 0.207. The molecule has 186 valence electrons. The number of nitrogens with zero attached hydrogens (tertiary/aromatic N) is 2. The fourth-order valence-electron chi connectivity index (χ4n) is 3.34. The number of hydrogen-bond acceptors (Lipinski definition) is 6. The molecular formula is C24H32N2O6S2. The summed E-state index contributed by atoms with van der Waals surface area (Å²) in [7, 11) is -8.27. The van der Waals surface area contributed by atoms with Gasteiger partial charge in [-0.2, -0.15) is 0 Å². The molecular weight excluding hydrogens is 476 g/mol. The van der Waals surface area contributed by atoms with Crippen molar-refractivity contribution >= 4 is 31.9 Å². The van der Waals surface area contributed by atoms with Crippen molar-refractivity contribution in [2.75, 3.05) is 11.5 Å². The van der Waals surface area contributed by atoms with Gasteiger partial charge in [-0.1, -0.05) is 18.7 Å². The minimum Gasteiger partial charge on any atom is -0.748 e. The lowest BCUT2D eigenvalue weighted by Crippen LogP contribution is -2.32. The van der Waals surface area contributed by atoms with Crippen LogP contribution in [-0.4, -0.2) is 37.4 Å². The topological polar surface area (TPSA) is 122 Å². The van der Waals surface area contributed by atoms with Crippen LogP contribution in [0.4, 0.5) is 0 Å². The highest BCUT2D eigenvalue weighted by atomic mass is 32.2. The van der Waals surface area contributed by atoms with E-state index in [-0.39, 0.29) is 11.5 Å². The summed E-state index contributed by atoms with van der Waals surface area (Å²) < 4.78 is 67.7. The summed E-state index contributed by atoms with van der Waals surface area (Å²) in [5.41, 5.74) is 3.15. The number of unbranched alkanes of at least 4 members (excludes halogenated alkanes) is 2. The molecule has 0 radical (unpaired) electrons. The zero-order chi connectivity index (χ0) is 25.0. The molecule has 0 unspecified atom stereocenters. The van der Waals surface area contributed by atoms with Gasteiger partial charge in [0, 0.05) is 48.6 Å². The highest BCUT2D eigenvalue weighted by molar-refractivity contribution is 7.85. The van der Waals surface area contributed by atoms with Crippen molar-refractivity contribution in [2.45, 2.75) is 51.6 Å². The van der Waals surface area contributed by atoms with Crippen molar-refractivity contribution < 1.29 is 35.1 Å². The van der Waals surface area contributed by atoms with E-state index in [9.17, 15) is 25.9 Å². The number of pyridine rings is 2. The van der Waals surface area contributed by atoms with Crippen LogP contribution in [0.1, 0.15) is 49.7 Å². The smallest absolute Gasteiger partial charge is 0.169 e. The summed E-state index contributed by atoms with van der Waals surface area (Å²) in [5, 5.41) is 0. The van der Waals surface area contributed by atoms with Crippen LogP contribution < -0.4 is 9.13 Å². The Labute approximate surface area is 202 Å². The van der Waals surface area contributed by atoms with E-state index in [1.165, 1.54) is 0 Å². The van der Waals surface area contributed by atoms with E-state index in [2.05, 4.69) is 12.7 Å². The molecule has 0 aliphatic carbocycles. The Kier molecular flexibility index (Phi) is 11.0. The van der Waals surface area contributed by atoms with Crippen molar-refractivity contribution in [3.63, 3.8) is 0 Å². The van der Waals surface area contributed by atoms with Crippen molar-refractivity contribution in [1.82, 2.24) is 0 Å². The van der Waals surface area contributed by atoms with Crippen LogP contribution in [0.3, 0.4) is 0 Å². The third-order valence-corrected chi connectivity index (χ3v) is 6.84. The van der Waals surface area contributed by atoms with Gasteiger partial charge in [0.15, 0.2) is 24.8 Å². The SMILES string of the molecule is C=C(CC/C=C/c1cc[n+](CCCCS(=O)(=O)[O-])cc1)c1cc[n+](CCCCS(=O)(=O)[O-])cc1. The van der Waals surface area contributed by atoms with E-state index in [1.54, 1.807) is 0 Å². The van der Waals surface area contributed by atoms with Gasteiger partial charge in [-0.15, -0.1) is 0 Å². The second kappa shape index (κ2) is 13.5. The van der Waals surface area contributed by atoms with E-state index in [0.29, 0.717) is 38.8 Å². The first-order valence-corrected chi connectivity index (χ1v) is 14.4. The van der Waals surface area contributed by atoms with Gasteiger partial charge in [0.25, 0.3) is 0 Å². The maximum absolute atomic E-state index is 10.6. The van der Waals surface area contributed by atoms with Gasteiger partial charge in [-0.3, -0.25) is 0 Å². The molecule has 0 aliphatic heterocycles. The Morgan fingerprint density at radius 3 is 1.74 bits per heavy atom. The lowest BCUT2D eigenvalue weighted by Gasteiger charge is -2.05. The first kappa shape index (κ1) is 27.8. The number of rotatable bonds is 15. The monoisotopic (exact) mass is 508 g/mol. The third kappa shape index (κ3) is 12.2. The minimum atomic E-state index is -4.14. The lowest BCUT2D eigenvalue weighted by atomic mass is 10.0. The first-order chi connectivity index (χ1) is 16.0. The minimum absolute atomic E-state index is 0.319. The van der Waals surface area contributed by atoms with Gasteiger partial charge in [-0.25, -0.2) is 26.0 Å². The molecule has 0 aromatic carbocycles. The van der Waals surface area contributed by atoms with E-state index >= 15 is 0 Å². The summed E-state index contributed by atoms with van der Waals surface area (Å²) in [4.78, 5) is 0. The molecule has 2 heterocycles. The van der Waals surface area contributed by atoms with Crippen LogP contribution in [0.2, 0.25) is 0 Å². The fraction of sp³-hybridized carbons (Fsp3) is 0.417. The molecule has 2 rings (SSSR count). The average Bonchev–Trinajstić information content (AvgIpc) is 2.77. The Balaban J connectivity index is 1.70. The van der Waals surface area contributed by atoms with Crippen LogP contribution >= 0.6 is 0 Å². The predicted molar refractivity (Wildman–Crippen MR) is 128 cm³/mol. The molecule has 0 bridgehead atoms. The fourth-order valence-corrected chi connectivity index (χ4v) is 4.45. The maximum Gasteiger partial charge on any atom is 0.169 e. The van der Waals surface area contributed by atoms with Crippen LogP contribution in [0.25, 0.3) is 11.6 Å². The van der Waals surface area contributed by atoms with Gasteiger partial charge >= 0.3 is 0 Å². The van der Waals surface area contributed by atoms with Crippen molar-refractivity contribution in [3.05, 3.63) is 72.8 Å². The molecule has 2 aromatic heterocycles. The van der Waals surface area contributed by atoms with E-state index in [0.717, 1.165) is 29.5 Å². The summed E-state index contributed by atoms with van der Waals surface area (Å²) in [6, 6.07) is 7.94. The van der Waals surface area contributed by atoms with Gasteiger partial charge < -0.3 is 9.11 Å². The van der Waals surface area contributed by atoms with Gasteiger partial charge in [0.05, 0.1) is 20.2 Å². The zero-order valence-corrected chi connectivity index (χ0v) is 20.8. The molecule has 0 amide bonds. The molecule has 0 saturated carbocycles. The Morgan fingerprint density at radius 1 is 0.794 bits per heavy atom. The molecule has 0 saturated heterocycles. The van der Waals surface area contributed by atoms with Crippen LogP contribution in [0, 0.1) is 0 Å². The van der Waals surface area contributed by atoms with Crippen LogP contribution in [-0.2, 0) is 33.3 Å². The molecule has 0 atom stereocenters. The number of aryl methyl sites for hydroxylation is 2. The van der Waals surface area contributed by atoms with Crippen molar-refractivity contribution in [1.29, 1.82) is 0 Å². The van der Waals surface area contributed by atoms with E-state index in [4.69, 9.17) is 0 Å². The molecule has 34 heavy (non-hydrogen) atoms. The second-order valence-corrected chi connectivity index (χ2v) is 11.2. The largest absolute Gasteiger partial charge is 0.748 e. The van der Waals surface area contributed by atoms with Crippen molar-refractivity contribution in [2.24, 2.45) is 0 Å². The summed E-state index contributed by atoms with van der Waals surface area (Å²) in [6.45, 7) is 5.48. The summed E-state index contributed by atoms with van der Waals surface area (Å²) >= 11 is 0. The summed E-state index contributed by atoms with van der Waals surface area (Å²) in [6.07, 6.45) is 15.5. The van der Waals surface area contributed by atoms with Gasteiger partial charge in [0.2, 0.25) is 0 Å². The van der Waals surface area contributed by atoms with E-state index in [1.807, 2.05) is 64.3 Å². The maximum atomic E-state index is 10.6. The molecule has 0 fully saturated rings. The second-order valence-electron chi connectivity index (χ2n) is 8.18. The van der Waals surface area contributed by atoms with Gasteiger partial charge in [0.1, 0.15) is 13.1 Å².